The van der Waals surface area contributed by atoms with Crippen LogP contribution in [0.5, 0.6) is 0 Å². The van der Waals surface area contributed by atoms with E-state index in [0.29, 0.717) is 5.95 Å². The van der Waals surface area contributed by atoms with E-state index in [2.05, 4.69) is 15.3 Å². The molecular weight excluding hydrogens is 226 g/mol. The van der Waals surface area contributed by atoms with Crippen molar-refractivity contribution in [3.05, 3.63) is 16.3 Å². The Morgan fingerprint density at radius 3 is 2.82 bits per heavy atom. The lowest BCUT2D eigenvalue weighted by Crippen LogP contribution is -2.33. The van der Waals surface area contributed by atoms with Crippen molar-refractivity contribution in [2.45, 2.75) is 13.0 Å². The van der Waals surface area contributed by atoms with Gasteiger partial charge in [0.15, 0.2) is 0 Å². The van der Waals surface area contributed by atoms with Crippen molar-refractivity contribution < 1.29 is 10.0 Å². The molecule has 17 heavy (non-hydrogen) atoms. The fourth-order valence-corrected chi connectivity index (χ4v) is 1.21. The van der Waals surface area contributed by atoms with Crippen LogP contribution >= 0.6 is 0 Å². The Kier molecular flexibility index (Phi) is 4.16. The zero-order chi connectivity index (χ0) is 13.0. The number of likely N-dealkylation sites (N-methyl/N-ethyl adjacent to an activating group) is 1. The second-order valence-corrected chi connectivity index (χ2v) is 3.55. The Balaban J connectivity index is 3.21. The first-order valence-electron chi connectivity index (χ1n) is 5.04. The van der Waals surface area contributed by atoms with Gasteiger partial charge < -0.3 is 15.3 Å². The molecule has 0 amide bonds. The molecule has 0 radical (unpaired) electrons. The Labute approximate surface area is 98.5 Å². The average molecular weight is 241 g/mol. The van der Waals surface area contributed by atoms with Crippen LogP contribution in [0.3, 0.4) is 0 Å². The van der Waals surface area contributed by atoms with Gasteiger partial charge in [0.25, 0.3) is 0 Å². The molecule has 1 aromatic heterocycles. The molecule has 0 aliphatic heterocycles. The summed E-state index contributed by atoms with van der Waals surface area (Å²) >= 11 is 0. The molecule has 0 spiro atoms. The summed E-state index contributed by atoms with van der Waals surface area (Å²) in [5.41, 5.74) is -0.188. The van der Waals surface area contributed by atoms with Crippen LogP contribution in [0.4, 0.5) is 17.5 Å². The van der Waals surface area contributed by atoms with Gasteiger partial charge in [-0.1, -0.05) is 0 Å². The van der Waals surface area contributed by atoms with Gasteiger partial charge in [-0.3, -0.25) is 10.1 Å². The monoisotopic (exact) mass is 241 g/mol. The standard InChI is InChI=1S/C9H15N5O3/c1-6(5-15)13(3)8-7(14(16)17)4-11-9(10-2)12-8/h4,6,15H,5H2,1-3H3,(H,10,11,12). The van der Waals surface area contributed by atoms with Gasteiger partial charge >= 0.3 is 5.69 Å². The molecular formula is C9H15N5O3. The first-order chi connectivity index (χ1) is 8.01. The highest BCUT2D eigenvalue weighted by atomic mass is 16.6. The molecule has 1 heterocycles. The molecule has 1 unspecified atom stereocenters. The van der Waals surface area contributed by atoms with Crippen LogP contribution in [0.15, 0.2) is 6.20 Å². The van der Waals surface area contributed by atoms with E-state index in [1.807, 2.05) is 0 Å². The quantitative estimate of drug-likeness (QED) is 0.562. The summed E-state index contributed by atoms with van der Waals surface area (Å²) in [7, 11) is 3.26. The summed E-state index contributed by atoms with van der Waals surface area (Å²) in [5, 5.41) is 22.6. The van der Waals surface area contributed by atoms with Crippen molar-refractivity contribution in [2.24, 2.45) is 0 Å². The highest BCUT2D eigenvalue weighted by Crippen LogP contribution is 2.26. The summed E-state index contributed by atoms with van der Waals surface area (Å²) in [5.74, 6) is 0.471. The normalized spacial score (nSPS) is 12.0. The van der Waals surface area contributed by atoms with Gasteiger partial charge in [-0.2, -0.15) is 4.98 Å². The first kappa shape index (κ1) is 13.1. The Morgan fingerprint density at radius 2 is 2.35 bits per heavy atom. The predicted octanol–water partition coefficient (Wildman–Crippen LogP) is 0.243. The fraction of sp³-hybridized carbons (Fsp3) is 0.556. The minimum absolute atomic E-state index is 0.119. The van der Waals surface area contributed by atoms with Crippen LogP contribution in [0.25, 0.3) is 0 Å². The molecule has 2 N–H and O–H groups in total. The Morgan fingerprint density at radius 1 is 1.71 bits per heavy atom. The van der Waals surface area contributed by atoms with Crippen molar-refractivity contribution in [1.82, 2.24) is 9.97 Å². The van der Waals surface area contributed by atoms with E-state index in [4.69, 9.17) is 5.11 Å². The summed E-state index contributed by atoms with van der Waals surface area (Å²) in [4.78, 5) is 19.7. The van der Waals surface area contributed by atoms with E-state index in [9.17, 15) is 10.1 Å². The van der Waals surface area contributed by atoms with E-state index in [-0.39, 0.29) is 24.2 Å². The first-order valence-corrected chi connectivity index (χ1v) is 5.04. The third-order valence-corrected chi connectivity index (χ3v) is 2.43. The molecule has 0 aliphatic rings. The van der Waals surface area contributed by atoms with Crippen molar-refractivity contribution in [3.8, 4) is 0 Å². The predicted molar refractivity (Wildman–Crippen MR) is 63.2 cm³/mol. The molecule has 94 valence electrons. The number of rotatable bonds is 5. The van der Waals surface area contributed by atoms with Crippen molar-refractivity contribution in [1.29, 1.82) is 0 Å². The van der Waals surface area contributed by atoms with Gasteiger partial charge in [0.1, 0.15) is 6.20 Å². The van der Waals surface area contributed by atoms with Crippen LogP contribution in [-0.4, -0.2) is 46.7 Å². The fourth-order valence-electron chi connectivity index (χ4n) is 1.21. The van der Waals surface area contributed by atoms with Crippen LogP contribution in [0, 0.1) is 10.1 Å². The average Bonchev–Trinajstić information content (AvgIpc) is 2.35. The lowest BCUT2D eigenvalue weighted by atomic mass is 10.3. The number of nitrogens with one attached hydrogen (secondary N) is 1. The van der Waals surface area contributed by atoms with Crippen molar-refractivity contribution in [3.63, 3.8) is 0 Å². The van der Waals surface area contributed by atoms with Gasteiger partial charge in [0.05, 0.1) is 17.6 Å². The van der Waals surface area contributed by atoms with Crippen LogP contribution in [0.2, 0.25) is 0 Å². The number of aromatic nitrogens is 2. The Hall–Kier alpha value is -1.96. The molecule has 1 atom stereocenters. The summed E-state index contributed by atoms with van der Waals surface area (Å²) < 4.78 is 0. The maximum atomic E-state index is 10.9. The second-order valence-electron chi connectivity index (χ2n) is 3.55. The number of hydrogen-bond donors (Lipinski definition) is 2. The zero-order valence-electron chi connectivity index (χ0n) is 9.91. The van der Waals surface area contributed by atoms with Gasteiger partial charge in [0.2, 0.25) is 11.8 Å². The van der Waals surface area contributed by atoms with E-state index >= 15 is 0 Å². The molecule has 1 aromatic rings. The molecule has 8 nitrogen and oxygen atoms in total. The van der Waals surface area contributed by atoms with E-state index in [1.165, 1.54) is 0 Å². The number of nitrogens with zero attached hydrogens (tertiary/aromatic N) is 4. The third-order valence-electron chi connectivity index (χ3n) is 2.43. The van der Waals surface area contributed by atoms with Gasteiger partial charge in [-0.05, 0) is 6.92 Å². The topological polar surface area (TPSA) is 104 Å². The molecule has 0 fully saturated rings. The highest BCUT2D eigenvalue weighted by molar-refractivity contribution is 5.58. The van der Waals surface area contributed by atoms with E-state index in [1.54, 1.807) is 25.9 Å². The maximum Gasteiger partial charge on any atom is 0.329 e. The largest absolute Gasteiger partial charge is 0.394 e. The number of nitro groups is 1. The minimum Gasteiger partial charge on any atom is -0.394 e. The molecule has 0 bridgehead atoms. The van der Waals surface area contributed by atoms with E-state index in [0.717, 1.165) is 6.20 Å². The Bertz CT molecular complexity index is 412. The second kappa shape index (κ2) is 5.39. The van der Waals surface area contributed by atoms with Crippen LogP contribution in [-0.2, 0) is 0 Å². The van der Waals surface area contributed by atoms with Gasteiger partial charge in [0, 0.05) is 14.1 Å². The number of hydrogen-bond acceptors (Lipinski definition) is 7. The number of aliphatic hydroxyl groups excluding tert-OH is 1. The molecule has 0 aromatic carbocycles. The molecule has 0 aliphatic carbocycles. The van der Waals surface area contributed by atoms with Crippen LogP contribution < -0.4 is 10.2 Å². The minimum atomic E-state index is -0.546. The number of anilines is 2. The molecule has 8 heteroatoms. The molecule has 1 rings (SSSR count). The molecule has 0 saturated heterocycles. The summed E-state index contributed by atoms with van der Waals surface area (Å²) in [6, 6.07) is -0.270. The highest BCUT2D eigenvalue weighted by Gasteiger charge is 2.23. The smallest absolute Gasteiger partial charge is 0.329 e. The van der Waals surface area contributed by atoms with E-state index < -0.39 is 4.92 Å². The van der Waals surface area contributed by atoms with Gasteiger partial charge in [-0.15, -0.1) is 0 Å². The van der Waals surface area contributed by atoms with Crippen molar-refractivity contribution in [2.75, 3.05) is 30.9 Å². The maximum absolute atomic E-state index is 10.9. The van der Waals surface area contributed by atoms with Crippen molar-refractivity contribution >= 4 is 17.5 Å². The van der Waals surface area contributed by atoms with Gasteiger partial charge in [-0.25, -0.2) is 4.98 Å². The lowest BCUT2D eigenvalue weighted by Gasteiger charge is -2.23. The third kappa shape index (κ3) is 2.78. The lowest BCUT2D eigenvalue weighted by molar-refractivity contribution is -0.384. The molecule has 0 saturated carbocycles. The SMILES string of the molecule is CNc1ncc([N+](=O)[O-])c(N(C)C(C)CO)n1. The summed E-state index contributed by atoms with van der Waals surface area (Å²) in [6.45, 7) is 1.62. The zero-order valence-corrected chi connectivity index (χ0v) is 9.91. The number of aliphatic hydroxyl groups is 1. The summed E-state index contributed by atoms with van der Waals surface area (Å²) in [6.07, 6.45) is 1.15. The van der Waals surface area contributed by atoms with Crippen LogP contribution in [0.1, 0.15) is 6.92 Å².